The fraction of sp³-hybridized carbons (Fsp3) is 1.00. The minimum absolute atomic E-state index is 0.506. The molecule has 0 aromatic rings. The van der Waals surface area contributed by atoms with Crippen LogP contribution in [0.5, 0.6) is 0 Å². The van der Waals surface area contributed by atoms with Gasteiger partial charge in [-0.1, -0.05) is 26.7 Å². The molecule has 1 heterocycles. The molecule has 2 heteroatoms. The van der Waals surface area contributed by atoms with Crippen molar-refractivity contribution in [3.63, 3.8) is 0 Å². The highest BCUT2D eigenvalue weighted by Crippen LogP contribution is 2.28. The molecule has 17 heavy (non-hydrogen) atoms. The summed E-state index contributed by atoms with van der Waals surface area (Å²) in [4.78, 5) is 0. The van der Waals surface area contributed by atoms with E-state index in [0.29, 0.717) is 12.1 Å². The SMILES string of the molecule is CCC1CC(NCC2CCCC(C)C2)CCO1. The summed E-state index contributed by atoms with van der Waals surface area (Å²) in [5.74, 6) is 1.88. The topological polar surface area (TPSA) is 21.3 Å². The third-order valence-electron chi connectivity index (χ3n) is 4.56. The van der Waals surface area contributed by atoms with Crippen molar-refractivity contribution >= 4 is 0 Å². The van der Waals surface area contributed by atoms with Gasteiger partial charge in [0, 0.05) is 12.6 Å². The van der Waals surface area contributed by atoms with Gasteiger partial charge >= 0.3 is 0 Å². The van der Waals surface area contributed by atoms with Gasteiger partial charge in [-0.3, -0.25) is 0 Å². The van der Waals surface area contributed by atoms with Gasteiger partial charge in [0.25, 0.3) is 0 Å². The lowest BCUT2D eigenvalue weighted by Crippen LogP contribution is -2.41. The van der Waals surface area contributed by atoms with E-state index in [1.54, 1.807) is 0 Å². The lowest BCUT2D eigenvalue weighted by atomic mass is 9.82. The third kappa shape index (κ3) is 4.26. The zero-order valence-electron chi connectivity index (χ0n) is 11.6. The largest absolute Gasteiger partial charge is 0.378 e. The molecule has 1 aliphatic heterocycles. The lowest BCUT2D eigenvalue weighted by Gasteiger charge is -2.32. The molecule has 2 nitrogen and oxygen atoms in total. The van der Waals surface area contributed by atoms with Crippen LogP contribution in [0, 0.1) is 11.8 Å². The Balaban J connectivity index is 1.66. The summed E-state index contributed by atoms with van der Waals surface area (Å²) < 4.78 is 5.73. The van der Waals surface area contributed by atoms with Gasteiger partial charge in [0.2, 0.25) is 0 Å². The van der Waals surface area contributed by atoms with Crippen LogP contribution in [0.1, 0.15) is 58.8 Å². The van der Waals surface area contributed by atoms with Crippen LogP contribution < -0.4 is 5.32 Å². The van der Waals surface area contributed by atoms with E-state index in [1.807, 2.05) is 0 Å². The van der Waals surface area contributed by atoms with Gasteiger partial charge in [-0.05, 0) is 50.5 Å². The summed E-state index contributed by atoms with van der Waals surface area (Å²) in [6.45, 7) is 6.84. The van der Waals surface area contributed by atoms with E-state index in [1.165, 1.54) is 51.5 Å². The van der Waals surface area contributed by atoms with Crippen molar-refractivity contribution < 1.29 is 4.74 Å². The number of rotatable bonds is 4. The highest BCUT2D eigenvalue weighted by molar-refractivity contribution is 4.79. The predicted octanol–water partition coefficient (Wildman–Crippen LogP) is 3.36. The zero-order chi connectivity index (χ0) is 12.1. The number of hydrogen-bond donors (Lipinski definition) is 1. The van der Waals surface area contributed by atoms with Crippen LogP contribution in [0.3, 0.4) is 0 Å². The van der Waals surface area contributed by atoms with Gasteiger partial charge in [-0.2, -0.15) is 0 Å². The molecule has 4 atom stereocenters. The summed E-state index contributed by atoms with van der Waals surface area (Å²) >= 11 is 0. The van der Waals surface area contributed by atoms with Crippen LogP contribution in [-0.4, -0.2) is 25.3 Å². The molecule has 0 bridgehead atoms. The number of ether oxygens (including phenoxy) is 1. The van der Waals surface area contributed by atoms with Gasteiger partial charge in [-0.25, -0.2) is 0 Å². The Kier molecular flexibility index (Phi) is 5.30. The molecule has 2 aliphatic rings. The first-order valence-corrected chi connectivity index (χ1v) is 7.63. The van der Waals surface area contributed by atoms with Crippen LogP contribution in [0.2, 0.25) is 0 Å². The van der Waals surface area contributed by atoms with Gasteiger partial charge in [0.1, 0.15) is 0 Å². The Morgan fingerprint density at radius 1 is 1.18 bits per heavy atom. The number of nitrogens with one attached hydrogen (secondary N) is 1. The molecule has 1 aliphatic carbocycles. The molecular weight excluding hydrogens is 210 g/mol. The molecule has 2 rings (SSSR count). The highest BCUT2D eigenvalue weighted by Gasteiger charge is 2.23. The van der Waals surface area contributed by atoms with Crippen LogP contribution in [0.4, 0.5) is 0 Å². The monoisotopic (exact) mass is 239 g/mol. The molecule has 0 aromatic carbocycles. The van der Waals surface area contributed by atoms with Crippen LogP contribution in [0.15, 0.2) is 0 Å². The Hall–Kier alpha value is -0.0800. The smallest absolute Gasteiger partial charge is 0.0587 e. The highest BCUT2D eigenvalue weighted by atomic mass is 16.5. The van der Waals surface area contributed by atoms with E-state index in [-0.39, 0.29) is 0 Å². The molecule has 0 radical (unpaired) electrons. The van der Waals surface area contributed by atoms with Crippen LogP contribution in [0.25, 0.3) is 0 Å². The van der Waals surface area contributed by atoms with Gasteiger partial charge in [-0.15, -0.1) is 0 Å². The predicted molar refractivity (Wildman–Crippen MR) is 72.2 cm³/mol. The van der Waals surface area contributed by atoms with Gasteiger partial charge < -0.3 is 10.1 Å². The quantitative estimate of drug-likeness (QED) is 0.812. The minimum atomic E-state index is 0.506. The van der Waals surface area contributed by atoms with Crippen molar-refractivity contribution in [1.29, 1.82) is 0 Å². The first-order chi connectivity index (χ1) is 8.28. The maximum atomic E-state index is 5.73. The second kappa shape index (κ2) is 6.75. The Morgan fingerprint density at radius 2 is 2.06 bits per heavy atom. The first-order valence-electron chi connectivity index (χ1n) is 7.63. The van der Waals surface area contributed by atoms with E-state index >= 15 is 0 Å². The molecule has 1 saturated heterocycles. The fourth-order valence-corrected chi connectivity index (χ4v) is 3.43. The normalized spacial score (nSPS) is 39.2. The second-order valence-corrected chi connectivity index (χ2v) is 6.17. The van der Waals surface area contributed by atoms with Crippen molar-refractivity contribution in [2.75, 3.05) is 13.2 Å². The van der Waals surface area contributed by atoms with Crippen molar-refractivity contribution in [3.8, 4) is 0 Å². The van der Waals surface area contributed by atoms with Crippen LogP contribution >= 0.6 is 0 Å². The Morgan fingerprint density at radius 3 is 2.82 bits per heavy atom. The van der Waals surface area contributed by atoms with E-state index in [4.69, 9.17) is 4.74 Å². The minimum Gasteiger partial charge on any atom is -0.378 e. The maximum Gasteiger partial charge on any atom is 0.0587 e. The van der Waals surface area contributed by atoms with Crippen molar-refractivity contribution in [2.24, 2.45) is 11.8 Å². The summed E-state index contributed by atoms with van der Waals surface area (Å²) in [6.07, 6.45) is 9.87. The molecule has 0 amide bonds. The molecule has 4 unspecified atom stereocenters. The molecule has 1 saturated carbocycles. The second-order valence-electron chi connectivity index (χ2n) is 6.17. The summed E-state index contributed by atoms with van der Waals surface area (Å²) in [6, 6.07) is 0.714. The third-order valence-corrected chi connectivity index (χ3v) is 4.56. The van der Waals surface area contributed by atoms with Crippen molar-refractivity contribution in [1.82, 2.24) is 5.32 Å². The van der Waals surface area contributed by atoms with E-state index in [9.17, 15) is 0 Å². The maximum absolute atomic E-state index is 5.73. The van der Waals surface area contributed by atoms with Gasteiger partial charge in [0.15, 0.2) is 0 Å². The molecule has 0 spiro atoms. The standard InChI is InChI=1S/C15H29NO/c1-3-15-10-14(7-8-17-15)16-11-13-6-4-5-12(2)9-13/h12-16H,3-11H2,1-2H3. The molecular formula is C15H29NO. The van der Waals surface area contributed by atoms with E-state index < -0.39 is 0 Å². The average Bonchev–Trinajstić information content (AvgIpc) is 2.37. The Bertz CT molecular complexity index is 219. The molecule has 2 fully saturated rings. The van der Waals surface area contributed by atoms with Crippen LogP contribution in [-0.2, 0) is 4.74 Å². The van der Waals surface area contributed by atoms with Crippen molar-refractivity contribution in [2.45, 2.75) is 70.9 Å². The van der Waals surface area contributed by atoms with Crippen molar-refractivity contribution in [3.05, 3.63) is 0 Å². The van der Waals surface area contributed by atoms with Gasteiger partial charge in [0.05, 0.1) is 6.10 Å². The molecule has 100 valence electrons. The van der Waals surface area contributed by atoms with E-state index in [2.05, 4.69) is 19.2 Å². The Labute approximate surface area is 107 Å². The van der Waals surface area contributed by atoms with E-state index in [0.717, 1.165) is 18.4 Å². The average molecular weight is 239 g/mol. The summed E-state index contributed by atoms with van der Waals surface area (Å²) in [5.41, 5.74) is 0. The first kappa shape index (κ1) is 13.4. The summed E-state index contributed by atoms with van der Waals surface area (Å²) in [7, 11) is 0. The lowest BCUT2D eigenvalue weighted by molar-refractivity contribution is -0.000968. The zero-order valence-corrected chi connectivity index (χ0v) is 11.6. The fourth-order valence-electron chi connectivity index (χ4n) is 3.43. The molecule has 0 aromatic heterocycles. The number of hydrogen-bond acceptors (Lipinski definition) is 2. The molecule has 1 N–H and O–H groups in total. The summed E-state index contributed by atoms with van der Waals surface area (Å²) in [5, 5.41) is 3.80.